The van der Waals surface area contributed by atoms with Gasteiger partial charge in [-0.25, -0.2) is 8.42 Å². The number of sulfonamides is 1. The van der Waals surface area contributed by atoms with Gasteiger partial charge < -0.3 is 9.47 Å². The summed E-state index contributed by atoms with van der Waals surface area (Å²) < 4.78 is 38.1. The number of amides is 1. The number of benzene rings is 1. The van der Waals surface area contributed by atoms with Crippen LogP contribution in [0.5, 0.6) is 11.5 Å². The van der Waals surface area contributed by atoms with E-state index < -0.39 is 22.0 Å². The summed E-state index contributed by atoms with van der Waals surface area (Å²) in [6.45, 7) is 2.36. The van der Waals surface area contributed by atoms with Crippen LogP contribution >= 0.6 is 11.3 Å². The van der Waals surface area contributed by atoms with Gasteiger partial charge in [-0.15, -0.1) is 10.2 Å². The van der Waals surface area contributed by atoms with Crippen LogP contribution in [-0.2, 0) is 21.2 Å². The number of hydrogen-bond acceptors (Lipinski definition) is 8. The van der Waals surface area contributed by atoms with Crippen molar-refractivity contribution in [2.75, 3.05) is 26.1 Å². The minimum Gasteiger partial charge on any atom is -0.493 e. The molecule has 1 amide bonds. The maximum Gasteiger partial charge on any atom is 0.244 e. The van der Waals surface area contributed by atoms with Crippen molar-refractivity contribution in [3.63, 3.8) is 0 Å². The van der Waals surface area contributed by atoms with Crippen LogP contribution < -0.4 is 14.8 Å². The highest BCUT2D eigenvalue weighted by atomic mass is 32.2. The first-order valence-electron chi connectivity index (χ1n) is 9.77. The van der Waals surface area contributed by atoms with Crippen molar-refractivity contribution in [2.45, 2.75) is 50.0 Å². The smallest absolute Gasteiger partial charge is 0.244 e. The molecule has 0 spiro atoms. The van der Waals surface area contributed by atoms with Crippen molar-refractivity contribution in [1.29, 1.82) is 0 Å². The molecule has 0 saturated carbocycles. The largest absolute Gasteiger partial charge is 0.493 e. The number of aryl methyl sites for hydroxylation is 1. The number of rotatable bonds is 9. The molecule has 1 aliphatic heterocycles. The summed E-state index contributed by atoms with van der Waals surface area (Å²) in [5.41, 5.74) is 0. The first kappa shape index (κ1) is 22.4. The normalized spacial score (nSPS) is 17.1. The van der Waals surface area contributed by atoms with E-state index in [9.17, 15) is 13.2 Å². The lowest BCUT2D eigenvalue weighted by Gasteiger charge is -2.23. The molecule has 2 heterocycles. The van der Waals surface area contributed by atoms with Crippen LogP contribution in [0.4, 0.5) is 5.13 Å². The Bertz CT molecular complexity index is 993. The third kappa shape index (κ3) is 4.73. The summed E-state index contributed by atoms with van der Waals surface area (Å²) in [5.74, 6) is 0.351. The molecule has 1 aromatic carbocycles. The number of aromatic nitrogens is 2. The Morgan fingerprint density at radius 1 is 1.27 bits per heavy atom. The quantitative estimate of drug-likeness (QED) is 0.620. The predicted octanol–water partition coefficient (Wildman–Crippen LogP) is 2.69. The standard InChI is InChI=1S/C19H26N4O5S2/c1-4-5-8-17-21-22-19(29-17)20-18(24)14-7-6-11-23(14)30(25,26)13-9-10-15(27-2)16(12-13)28-3/h9-10,12,14H,4-8,11H2,1-3H3,(H,20,22,24). The zero-order valence-electron chi connectivity index (χ0n) is 17.3. The van der Waals surface area contributed by atoms with Gasteiger partial charge in [0, 0.05) is 19.0 Å². The van der Waals surface area contributed by atoms with Crippen LogP contribution in [0.1, 0.15) is 37.6 Å². The zero-order valence-corrected chi connectivity index (χ0v) is 18.9. The van der Waals surface area contributed by atoms with Crippen molar-refractivity contribution in [3.8, 4) is 11.5 Å². The Morgan fingerprint density at radius 3 is 2.73 bits per heavy atom. The molecule has 1 saturated heterocycles. The molecule has 11 heteroatoms. The lowest BCUT2D eigenvalue weighted by molar-refractivity contribution is -0.119. The maximum absolute atomic E-state index is 13.2. The van der Waals surface area contributed by atoms with E-state index in [1.54, 1.807) is 0 Å². The highest BCUT2D eigenvalue weighted by molar-refractivity contribution is 7.89. The molecular weight excluding hydrogens is 428 g/mol. The van der Waals surface area contributed by atoms with Gasteiger partial charge in [0.1, 0.15) is 11.0 Å². The average molecular weight is 455 g/mol. The third-order valence-corrected chi connectivity index (χ3v) is 7.71. The second kappa shape index (κ2) is 9.71. The molecule has 30 heavy (non-hydrogen) atoms. The van der Waals surface area contributed by atoms with Gasteiger partial charge >= 0.3 is 0 Å². The van der Waals surface area contributed by atoms with Crippen LogP contribution in [0.2, 0.25) is 0 Å². The average Bonchev–Trinajstić information content (AvgIpc) is 3.41. The second-order valence-corrected chi connectivity index (χ2v) is 9.84. The molecule has 1 N–H and O–H groups in total. The lowest BCUT2D eigenvalue weighted by Crippen LogP contribution is -2.43. The highest BCUT2D eigenvalue weighted by Gasteiger charge is 2.40. The minimum absolute atomic E-state index is 0.0533. The Morgan fingerprint density at radius 2 is 2.03 bits per heavy atom. The number of hydrogen-bond donors (Lipinski definition) is 1. The van der Waals surface area contributed by atoms with E-state index in [1.165, 1.54) is 48.1 Å². The van der Waals surface area contributed by atoms with Crippen LogP contribution in [0.3, 0.4) is 0 Å². The Balaban J connectivity index is 1.77. The molecule has 1 aromatic heterocycles. The molecule has 3 rings (SSSR count). The summed E-state index contributed by atoms with van der Waals surface area (Å²) >= 11 is 1.32. The van der Waals surface area contributed by atoms with Crippen LogP contribution in [0, 0.1) is 0 Å². The predicted molar refractivity (Wildman–Crippen MR) is 114 cm³/mol. The summed E-state index contributed by atoms with van der Waals surface area (Å²) in [5, 5.41) is 12.1. The van der Waals surface area contributed by atoms with Gasteiger partial charge in [-0.1, -0.05) is 24.7 Å². The van der Waals surface area contributed by atoms with Crippen LogP contribution in [0.15, 0.2) is 23.1 Å². The van der Waals surface area contributed by atoms with Gasteiger partial charge in [-0.2, -0.15) is 4.31 Å². The van der Waals surface area contributed by atoms with Crippen LogP contribution in [-0.4, -0.2) is 55.6 Å². The number of unbranched alkanes of at least 4 members (excludes halogenated alkanes) is 1. The first-order valence-corrected chi connectivity index (χ1v) is 12.0. The fourth-order valence-corrected chi connectivity index (χ4v) is 5.78. The monoisotopic (exact) mass is 454 g/mol. The van der Waals surface area contributed by atoms with Crippen molar-refractivity contribution >= 4 is 32.4 Å². The molecule has 9 nitrogen and oxygen atoms in total. The molecule has 1 fully saturated rings. The zero-order chi connectivity index (χ0) is 21.7. The Hall–Kier alpha value is -2.24. The van der Waals surface area contributed by atoms with Crippen molar-refractivity contribution in [2.24, 2.45) is 0 Å². The molecule has 0 bridgehead atoms. The summed E-state index contributed by atoms with van der Waals surface area (Å²) in [4.78, 5) is 12.9. The molecule has 164 valence electrons. The third-order valence-electron chi connectivity index (χ3n) is 4.91. The van der Waals surface area contributed by atoms with Gasteiger partial charge in [0.15, 0.2) is 11.5 Å². The van der Waals surface area contributed by atoms with Gasteiger partial charge in [0.05, 0.1) is 19.1 Å². The van der Waals surface area contributed by atoms with E-state index in [2.05, 4.69) is 22.4 Å². The van der Waals surface area contributed by atoms with E-state index in [0.717, 1.165) is 24.3 Å². The molecule has 0 aliphatic carbocycles. The number of anilines is 1. The lowest BCUT2D eigenvalue weighted by atomic mass is 10.2. The molecule has 1 unspecified atom stereocenters. The van der Waals surface area contributed by atoms with Crippen molar-refractivity contribution < 1.29 is 22.7 Å². The molecule has 1 atom stereocenters. The number of carbonyl (C=O) groups excluding carboxylic acids is 1. The van der Waals surface area contributed by atoms with E-state index in [0.29, 0.717) is 29.5 Å². The first-order chi connectivity index (χ1) is 14.4. The van der Waals surface area contributed by atoms with Gasteiger partial charge in [0.25, 0.3) is 0 Å². The number of nitrogens with zero attached hydrogens (tertiary/aromatic N) is 3. The summed E-state index contributed by atoms with van der Waals surface area (Å²) in [6.07, 6.45) is 3.91. The van der Waals surface area contributed by atoms with E-state index >= 15 is 0 Å². The van der Waals surface area contributed by atoms with E-state index in [-0.39, 0.29) is 11.4 Å². The molecular formula is C19H26N4O5S2. The second-order valence-electron chi connectivity index (χ2n) is 6.88. The minimum atomic E-state index is -3.89. The van der Waals surface area contributed by atoms with Gasteiger partial charge in [-0.3, -0.25) is 10.1 Å². The Kier molecular flexibility index (Phi) is 7.27. The number of methoxy groups -OCH3 is 2. The van der Waals surface area contributed by atoms with Crippen molar-refractivity contribution in [1.82, 2.24) is 14.5 Å². The Labute approximate surface area is 180 Å². The molecule has 1 aliphatic rings. The van der Waals surface area contributed by atoms with E-state index in [4.69, 9.17) is 9.47 Å². The van der Waals surface area contributed by atoms with Crippen molar-refractivity contribution in [3.05, 3.63) is 23.2 Å². The molecule has 2 aromatic rings. The topological polar surface area (TPSA) is 111 Å². The number of ether oxygens (including phenoxy) is 2. The fourth-order valence-electron chi connectivity index (χ4n) is 3.32. The number of carbonyl (C=O) groups is 1. The fraction of sp³-hybridized carbons (Fsp3) is 0.526. The SMILES string of the molecule is CCCCc1nnc(NC(=O)C2CCCN2S(=O)(=O)c2ccc(OC)c(OC)c2)s1. The van der Waals surface area contributed by atoms with Gasteiger partial charge in [-0.05, 0) is 31.4 Å². The summed E-state index contributed by atoms with van der Waals surface area (Å²) in [7, 11) is -0.963. The van der Waals surface area contributed by atoms with E-state index in [1.807, 2.05) is 0 Å². The molecule has 0 radical (unpaired) electrons. The highest BCUT2D eigenvalue weighted by Crippen LogP contribution is 2.33. The maximum atomic E-state index is 13.2. The van der Waals surface area contributed by atoms with Gasteiger partial charge in [0.2, 0.25) is 21.1 Å². The van der Waals surface area contributed by atoms with Crippen LogP contribution in [0.25, 0.3) is 0 Å². The number of nitrogens with one attached hydrogen (secondary N) is 1. The summed E-state index contributed by atoms with van der Waals surface area (Å²) in [6, 6.07) is 3.60.